The molecule has 0 radical (unpaired) electrons. The van der Waals surface area contributed by atoms with Crippen molar-refractivity contribution in [2.75, 3.05) is 13.7 Å². The highest BCUT2D eigenvalue weighted by Crippen LogP contribution is 2.33. The van der Waals surface area contributed by atoms with Crippen LogP contribution in [0.3, 0.4) is 0 Å². The number of hydrogen-bond donors (Lipinski definition) is 0. The van der Waals surface area contributed by atoms with Gasteiger partial charge < -0.3 is 9.47 Å². The minimum atomic E-state index is 0.121. The van der Waals surface area contributed by atoms with Crippen LogP contribution in [0.5, 0.6) is 0 Å². The van der Waals surface area contributed by atoms with Gasteiger partial charge in [0.05, 0.1) is 17.6 Å². The standard InChI is InChI=1S/C12H21ClO2/c1-14-12-10(13)7-11(12)15-8-9-5-3-2-4-6-9/h9-12H,2-8H2,1H3. The lowest BCUT2D eigenvalue weighted by molar-refractivity contribution is -0.118. The quantitative estimate of drug-likeness (QED) is 0.694. The zero-order valence-corrected chi connectivity index (χ0v) is 10.2. The fourth-order valence-corrected chi connectivity index (χ4v) is 3.04. The van der Waals surface area contributed by atoms with Crippen LogP contribution in [0.2, 0.25) is 0 Å². The second-order valence-corrected chi connectivity index (χ2v) is 5.39. The second kappa shape index (κ2) is 5.51. The lowest BCUT2D eigenvalue weighted by Crippen LogP contribution is -2.50. The number of halogens is 1. The largest absolute Gasteiger partial charge is 0.377 e. The molecule has 2 aliphatic carbocycles. The van der Waals surface area contributed by atoms with Gasteiger partial charge in [0.25, 0.3) is 0 Å². The van der Waals surface area contributed by atoms with Crippen LogP contribution in [0.25, 0.3) is 0 Å². The van der Waals surface area contributed by atoms with Crippen LogP contribution in [0, 0.1) is 5.92 Å². The van der Waals surface area contributed by atoms with Crippen molar-refractivity contribution >= 4 is 11.6 Å². The summed E-state index contributed by atoms with van der Waals surface area (Å²) in [5.41, 5.74) is 0. The molecule has 2 nitrogen and oxygen atoms in total. The van der Waals surface area contributed by atoms with E-state index in [9.17, 15) is 0 Å². The molecule has 3 unspecified atom stereocenters. The molecular weight excluding hydrogens is 212 g/mol. The molecule has 0 bridgehead atoms. The molecule has 2 saturated carbocycles. The zero-order valence-electron chi connectivity index (χ0n) is 9.45. The van der Waals surface area contributed by atoms with E-state index in [0.717, 1.165) is 18.9 Å². The van der Waals surface area contributed by atoms with E-state index in [4.69, 9.17) is 21.1 Å². The van der Waals surface area contributed by atoms with Gasteiger partial charge in [-0.3, -0.25) is 0 Å². The molecule has 2 fully saturated rings. The Morgan fingerprint density at radius 3 is 2.53 bits per heavy atom. The highest BCUT2D eigenvalue weighted by atomic mass is 35.5. The molecule has 3 atom stereocenters. The molecule has 88 valence electrons. The van der Waals surface area contributed by atoms with E-state index in [-0.39, 0.29) is 17.6 Å². The van der Waals surface area contributed by atoms with Gasteiger partial charge in [0.2, 0.25) is 0 Å². The highest BCUT2D eigenvalue weighted by Gasteiger charge is 2.41. The fourth-order valence-electron chi connectivity index (χ4n) is 2.60. The van der Waals surface area contributed by atoms with Gasteiger partial charge in [0.15, 0.2) is 0 Å². The van der Waals surface area contributed by atoms with E-state index in [1.165, 1.54) is 32.1 Å². The van der Waals surface area contributed by atoms with Crippen LogP contribution >= 0.6 is 11.6 Å². The van der Waals surface area contributed by atoms with Gasteiger partial charge in [-0.05, 0) is 25.2 Å². The van der Waals surface area contributed by atoms with Crippen LogP contribution in [0.4, 0.5) is 0 Å². The summed E-state index contributed by atoms with van der Waals surface area (Å²) in [7, 11) is 1.72. The van der Waals surface area contributed by atoms with Crippen LogP contribution in [-0.2, 0) is 9.47 Å². The third kappa shape index (κ3) is 2.86. The first-order chi connectivity index (χ1) is 7.31. The summed E-state index contributed by atoms with van der Waals surface area (Å²) in [6.45, 7) is 0.911. The third-order valence-electron chi connectivity index (χ3n) is 3.72. The summed E-state index contributed by atoms with van der Waals surface area (Å²) < 4.78 is 11.2. The Kier molecular flexibility index (Phi) is 4.30. The average molecular weight is 233 g/mol. The summed E-state index contributed by atoms with van der Waals surface area (Å²) in [6.07, 6.45) is 8.17. The summed E-state index contributed by atoms with van der Waals surface area (Å²) in [6, 6.07) is 0. The first-order valence-corrected chi connectivity index (χ1v) is 6.53. The molecule has 3 heteroatoms. The highest BCUT2D eigenvalue weighted by molar-refractivity contribution is 6.21. The Morgan fingerprint density at radius 2 is 1.93 bits per heavy atom. The van der Waals surface area contributed by atoms with Gasteiger partial charge in [0, 0.05) is 13.7 Å². The number of ether oxygens (including phenoxy) is 2. The normalized spacial score (nSPS) is 37.6. The van der Waals surface area contributed by atoms with E-state index >= 15 is 0 Å². The molecule has 0 aromatic rings. The number of methoxy groups -OCH3 is 1. The van der Waals surface area contributed by atoms with E-state index in [0.29, 0.717) is 0 Å². The second-order valence-electron chi connectivity index (χ2n) is 4.83. The van der Waals surface area contributed by atoms with E-state index in [1.807, 2.05) is 0 Å². The van der Waals surface area contributed by atoms with Crippen LogP contribution in [-0.4, -0.2) is 31.3 Å². The number of alkyl halides is 1. The average Bonchev–Trinajstić information content (AvgIpc) is 2.26. The van der Waals surface area contributed by atoms with Gasteiger partial charge in [-0.25, -0.2) is 0 Å². The van der Waals surface area contributed by atoms with Gasteiger partial charge in [0.1, 0.15) is 0 Å². The molecular formula is C12H21ClO2. The minimum Gasteiger partial charge on any atom is -0.377 e. The Morgan fingerprint density at radius 1 is 1.20 bits per heavy atom. The van der Waals surface area contributed by atoms with E-state index in [2.05, 4.69) is 0 Å². The van der Waals surface area contributed by atoms with Crippen molar-refractivity contribution in [3.05, 3.63) is 0 Å². The molecule has 2 aliphatic rings. The summed E-state index contributed by atoms with van der Waals surface area (Å²) >= 11 is 6.03. The van der Waals surface area contributed by atoms with Gasteiger partial charge in [-0.1, -0.05) is 19.3 Å². The Hall–Kier alpha value is 0.210. The molecule has 2 rings (SSSR count). The number of hydrogen-bond acceptors (Lipinski definition) is 2. The van der Waals surface area contributed by atoms with Gasteiger partial charge in [-0.15, -0.1) is 11.6 Å². The predicted molar refractivity (Wildman–Crippen MR) is 61.4 cm³/mol. The Balaban J connectivity index is 1.65. The fraction of sp³-hybridized carbons (Fsp3) is 1.00. The predicted octanol–water partition coefficient (Wildman–Crippen LogP) is 2.98. The van der Waals surface area contributed by atoms with Crippen molar-refractivity contribution in [2.45, 2.75) is 56.1 Å². The smallest absolute Gasteiger partial charge is 0.0997 e. The minimum absolute atomic E-state index is 0.121. The Bertz CT molecular complexity index is 192. The first kappa shape index (κ1) is 11.7. The van der Waals surface area contributed by atoms with Gasteiger partial charge in [-0.2, -0.15) is 0 Å². The first-order valence-electron chi connectivity index (χ1n) is 6.09. The monoisotopic (exact) mass is 232 g/mol. The summed E-state index contributed by atoms with van der Waals surface area (Å²) in [5, 5.41) is 0.159. The molecule has 0 N–H and O–H groups in total. The topological polar surface area (TPSA) is 18.5 Å². The SMILES string of the molecule is COC1C(Cl)CC1OCC1CCCCC1. The summed E-state index contributed by atoms with van der Waals surface area (Å²) in [4.78, 5) is 0. The van der Waals surface area contributed by atoms with Crippen molar-refractivity contribution in [1.82, 2.24) is 0 Å². The molecule has 0 aliphatic heterocycles. The lowest BCUT2D eigenvalue weighted by atomic mass is 9.88. The number of rotatable bonds is 4. The zero-order chi connectivity index (χ0) is 10.7. The molecule has 0 aromatic heterocycles. The molecule has 0 heterocycles. The maximum Gasteiger partial charge on any atom is 0.0997 e. The van der Waals surface area contributed by atoms with Crippen LogP contribution in [0.1, 0.15) is 38.5 Å². The van der Waals surface area contributed by atoms with Crippen molar-refractivity contribution in [1.29, 1.82) is 0 Å². The van der Waals surface area contributed by atoms with Crippen LogP contribution in [0.15, 0.2) is 0 Å². The van der Waals surface area contributed by atoms with Crippen molar-refractivity contribution < 1.29 is 9.47 Å². The van der Waals surface area contributed by atoms with Crippen molar-refractivity contribution in [3.63, 3.8) is 0 Å². The van der Waals surface area contributed by atoms with Crippen molar-refractivity contribution in [3.8, 4) is 0 Å². The lowest BCUT2D eigenvalue weighted by Gasteiger charge is -2.40. The molecule has 0 aromatic carbocycles. The van der Waals surface area contributed by atoms with Crippen LogP contribution < -0.4 is 0 Å². The van der Waals surface area contributed by atoms with E-state index < -0.39 is 0 Å². The molecule has 15 heavy (non-hydrogen) atoms. The van der Waals surface area contributed by atoms with E-state index in [1.54, 1.807) is 7.11 Å². The summed E-state index contributed by atoms with van der Waals surface area (Å²) in [5.74, 6) is 0.783. The maximum atomic E-state index is 6.03. The molecule has 0 amide bonds. The molecule has 0 saturated heterocycles. The van der Waals surface area contributed by atoms with Crippen molar-refractivity contribution in [2.24, 2.45) is 5.92 Å². The maximum absolute atomic E-state index is 6.03. The molecule has 0 spiro atoms. The van der Waals surface area contributed by atoms with Gasteiger partial charge >= 0.3 is 0 Å². The third-order valence-corrected chi connectivity index (χ3v) is 4.15. The Labute approximate surface area is 97.3 Å².